The van der Waals surface area contributed by atoms with Crippen molar-refractivity contribution in [3.8, 4) is 0 Å². The summed E-state index contributed by atoms with van der Waals surface area (Å²) in [6.07, 6.45) is 1.24. The first kappa shape index (κ1) is 23.7. The summed E-state index contributed by atoms with van der Waals surface area (Å²) in [6, 6.07) is 29.2. The summed E-state index contributed by atoms with van der Waals surface area (Å²) in [5, 5.41) is 3.40. The van der Waals surface area contributed by atoms with Gasteiger partial charge in [0.25, 0.3) is 0 Å². The lowest BCUT2D eigenvalue weighted by atomic mass is 9.95. The van der Waals surface area contributed by atoms with Gasteiger partial charge in [-0.15, -0.1) is 0 Å². The number of likely N-dealkylation sites (tertiary alicyclic amines) is 1. The van der Waals surface area contributed by atoms with Crippen LogP contribution in [0.4, 0.5) is 5.69 Å². The highest BCUT2D eigenvalue weighted by atomic mass is 16.5. The second-order valence-corrected chi connectivity index (χ2v) is 9.37. The van der Waals surface area contributed by atoms with Gasteiger partial charge in [0.1, 0.15) is 13.1 Å². The Morgan fingerprint density at radius 2 is 1.56 bits per heavy atom. The summed E-state index contributed by atoms with van der Waals surface area (Å²) < 4.78 is 6.61. The SMILES string of the molecule is C[N+]1(CC(=O)c2ccccc2)CCC(OC(=O)C(CCNc2ccccc2)c2ccccc2)C1. The molecule has 3 atom stereocenters. The first-order valence-corrected chi connectivity index (χ1v) is 12.0. The number of esters is 1. The molecule has 0 saturated carbocycles. The Kier molecular flexibility index (Phi) is 7.76. The fourth-order valence-corrected chi connectivity index (χ4v) is 4.70. The van der Waals surface area contributed by atoms with E-state index in [4.69, 9.17) is 4.74 Å². The second kappa shape index (κ2) is 11.1. The zero-order valence-electron chi connectivity index (χ0n) is 19.7. The van der Waals surface area contributed by atoms with Crippen LogP contribution >= 0.6 is 0 Å². The molecule has 1 saturated heterocycles. The number of rotatable bonds is 10. The summed E-state index contributed by atoms with van der Waals surface area (Å²) >= 11 is 0. The third-order valence-electron chi connectivity index (χ3n) is 6.56. The minimum atomic E-state index is -0.331. The molecule has 4 rings (SSSR count). The van der Waals surface area contributed by atoms with Crippen LogP contribution in [0.15, 0.2) is 91.0 Å². The van der Waals surface area contributed by atoms with Crippen molar-refractivity contribution in [2.75, 3.05) is 38.5 Å². The molecule has 1 aliphatic rings. The predicted molar refractivity (Wildman–Crippen MR) is 135 cm³/mol. The number of nitrogens with zero attached hydrogens (tertiary/aromatic N) is 1. The lowest BCUT2D eigenvalue weighted by molar-refractivity contribution is -0.890. The van der Waals surface area contributed by atoms with Gasteiger partial charge in [-0.2, -0.15) is 0 Å². The van der Waals surface area contributed by atoms with Crippen molar-refractivity contribution in [2.24, 2.45) is 0 Å². The molecule has 0 aliphatic carbocycles. The maximum atomic E-state index is 13.3. The number of carbonyl (C=O) groups is 2. The maximum absolute atomic E-state index is 13.3. The normalized spacial score (nSPS) is 20.4. The zero-order chi connectivity index (χ0) is 23.8. The first-order chi connectivity index (χ1) is 16.5. The molecule has 0 radical (unpaired) electrons. The Bertz CT molecular complexity index is 1070. The number of ketones is 1. The molecule has 176 valence electrons. The van der Waals surface area contributed by atoms with Crippen LogP contribution in [0, 0.1) is 0 Å². The number of para-hydroxylation sites is 1. The molecule has 1 aliphatic heterocycles. The van der Waals surface area contributed by atoms with Crippen LogP contribution in [-0.4, -0.2) is 55.6 Å². The molecule has 5 heteroatoms. The Morgan fingerprint density at radius 1 is 0.941 bits per heavy atom. The van der Waals surface area contributed by atoms with E-state index in [-0.39, 0.29) is 23.8 Å². The van der Waals surface area contributed by atoms with Gasteiger partial charge in [-0.1, -0.05) is 78.9 Å². The average molecular weight is 458 g/mol. The van der Waals surface area contributed by atoms with Gasteiger partial charge in [0, 0.05) is 24.2 Å². The summed E-state index contributed by atoms with van der Waals surface area (Å²) in [7, 11) is 2.08. The molecule has 3 aromatic carbocycles. The fraction of sp³-hybridized carbons (Fsp3) is 0.310. The molecule has 0 amide bonds. The van der Waals surface area contributed by atoms with Crippen molar-refractivity contribution >= 4 is 17.4 Å². The standard InChI is InChI=1S/C29H33N2O3/c1-31(22-28(32)24-13-7-3-8-14-24)20-18-26(21-31)34-29(33)27(23-11-5-2-6-12-23)17-19-30-25-15-9-4-10-16-25/h2-16,26-27,30H,17-22H2,1H3/q+1. The molecule has 0 bridgehead atoms. The van der Waals surface area contributed by atoms with Crippen molar-refractivity contribution < 1.29 is 18.8 Å². The van der Waals surface area contributed by atoms with Gasteiger partial charge >= 0.3 is 5.97 Å². The summed E-state index contributed by atoms with van der Waals surface area (Å²) in [5.41, 5.74) is 2.74. The minimum absolute atomic E-state index is 0.129. The quantitative estimate of drug-likeness (QED) is 0.267. The van der Waals surface area contributed by atoms with E-state index < -0.39 is 0 Å². The number of Topliss-reactive ketones (excluding diaryl/α,β-unsaturated/α-hetero) is 1. The molecule has 3 aromatic rings. The van der Waals surface area contributed by atoms with Crippen LogP contribution in [0.25, 0.3) is 0 Å². The largest absolute Gasteiger partial charge is 0.456 e. The number of benzene rings is 3. The first-order valence-electron chi connectivity index (χ1n) is 12.0. The number of quaternary nitrogens is 1. The van der Waals surface area contributed by atoms with E-state index >= 15 is 0 Å². The van der Waals surface area contributed by atoms with E-state index in [1.165, 1.54) is 0 Å². The molecule has 1 heterocycles. The van der Waals surface area contributed by atoms with Gasteiger partial charge in [0.05, 0.1) is 19.5 Å². The number of ether oxygens (including phenoxy) is 1. The predicted octanol–water partition coefficient (Wildman–Crippen LogP) is 4.92. The van der Waals surface area contributed by atoms with Crippen LogP contribution in [-0.2, 0) is 9.53 Å². The van der Waals surface area contributed by atoms with Gasteiger partial charge < -0.3 is 14.5 Å². The molecule has 0 aromatic heterocycles. The highest BCUT2D eigenvalue weighted by Gasteiger charge is 2.39. The van der Waals surface area contributed by atoms with Gasteiger partial charge in [-0.25, -0.2) is 0 Å². The van der Waals surface area contributed by atoms with Crippen LogP contribution in [0.3, 0.4) is 0 Å². The highest BCUT2D eigenvalue weighted by molar-refractivity contribution is 5.96. The third-order valence-corrected chi connectivity index (χ3v) is 6.56. The Hall–Kier alpha value is -3.44. The number of carbonyl (C=O) groups excluding carboxylic acids is 2. The summed E-state index contributed by atoms with van der Waals surface area (Å²) in [4.78, 5) is 26.0. The number of anilines is 1. The number of hydrogen-bond donors (Lipinski definition) is 1. The molecule has 3 unspecified atom stereocenters. The van der Waals surface area contributed by atoms with Gasteiger partial charge in [0.2, 0.25) is 5.78 Å². The molecular weight excluding hydrogens is 424 g/mol. The minimum Gasteiger partial charge on any atom is -0.456 e. The van der Waals surface area contributed by atoms with Crippen molar-refractivity contribution in [3.05, 3.63) is 102 Å². The molecule has 1 N–H and O–H groups in total. The number of likely N-dealkylation sites (N-methyl/N-ethyl adjacent to an activating group) is 1. The van der Waals surface area contributed by atoms with E-state index in [0.29, 0.717) is 30.5 Å². The fourth-order valence-electron chi connectivity index (χ4n) is 4.70. The van der Waals surface area contributed by atoms with Gasteiger partial charge in [0.15, 0.2) is 6.10 Å². The smallest absolute Gasteiger partial charge is 0.313 e. The Morgan fingerprint density at radius 3 is 2.24 bits per heavy atom. The van der Waals surface area contributed by atoms with E-state index in [0.717, 1.165) is 29.8 Å². The number of nitrogens with one attached hydrogen (secondary N) is 1. The van der Waals surface area contributed by atoms with Crippen LogP contribution in [0.1, 0.15) is 34.7 Å². The van der Waals surface area contributed by atoms with Crippen molar-refractivity contribution in [1.82, 2.24) is 0 Å². The molecule has 34 heavy (non-hydrogen) atoms. The van der Waals surface area contributed by atoms with Gasteiger partial charge in [-0.05, 0) is 24.1 Å². The average Bonchev–Trinajstić information content (AvgIpc) is 3.23. The number of hydrogen-bond acceptors (Lipinski definition) is 4. The summed E-state index contributed by atoms with van der Waals surface area (Å²) in [5.74, 6) is -0.388. The van der Waals surface area contributed by atoms with Crippen LogP contribution < -0.4 is 5.32 Å². The van der Waals surface area contributed by atoms with Gasteiger partial charge in [-0.3, -0.25) is 9.59 Å². The molecule has 0 spiro atoms. The van der Waals surface area contributed by atoms with E-state index in [1.54, 1.807) is 0 Å². The van der Waals surface area contributed by atoms with Crippen LogP contribution in [0.2, 0.25) is 0 Å². The van der Waals surface area contributed by atoms with E-state index in [1.807, 2.05) is 91.0 Å². The second-order valence-electron chi connectivity index (χ2n) is 9.37. The molecule has 5 nitrogen and oxygen atoms in total. The maximum Gasteiger partial charge on any atom is 0.313 e. The van der Waals surface area contributed by atoms with E-state index in [2.05, 4.69) is 12.4 Å². The zero-order valence-corrected chi connectivity index (χ0v) is 19.7. The van der Waals surface area contributed by atoms with Crippen LogP contribution in [0.5, 0.6) is 0 Å². The van der Waals surface area contributed by atoms with Crippen molar-refractivity contribution in [2.45, 2.75) is 24.9 Å². The molecular formula is C29H33N2O3+. The van der Waals surface area contributed by atoms with Crippen molar-refractivity contribution in [3.63, 3.8) is 0 Å². The van der Waals surface area contributed by atoms with E-state index in [9.17, 15) is 9.59 Å². The third kappa shape index (κ3) is 6.33. The summed E-state index contributed by atoms with van der Waals surface area (Å²) in [6.45, 7) is 2.57. The Balaban J connectivity index is 1.36. The van der Waals surface area contributed by atoms with Crippen molar-refractivity contribution in [1.29, 1.82) is 0 Å². The monoisotopic (exact) mass is 457 g/mol. The molecule has 1 fully saturated rings. The lowest BCUT2D eigenvalue weighted by Gasteiger charge is -2.28. The lowest BCUT2D eigenvalue weighted by Crippen LogP contribution is -2.46. The Labute approximate surface area is 202 Å². The topological polar surface area (TPSA) is 55.4 Å². The highest BCUT2D eigenvalue weighted by Crippen LogP contribution is 2.26.